The zero-order valence-corrected chi connectivity index (χ0v) is 14.6. The minimum atomic E-state index is -1.53. The molecule has 3 atom stereocenters. The van der Waals surface area contributed by atoms with Crippen molar-refractivity contribution in [3.05, 3.63) is 60.2 Å². The molecule has 1 aliphatic heterocycles. The van der Waals surface area contributed by atoms with Gasteiger partial charge in [0.2, 0.25) is 6.10 Å². The number of carboxylic acid groups (broad SMARTS) is 1. The lowest BCUT2D eigenvalue weighted by molar-refractivity contribution is -0.151. The van der Waals surface area contributed by atoms with Crippen molar-refractivity contribution in [1.29, 1.82) is 0 Å². The number of aliphatic carboxylic acids is 1. The van der Waals surface area contributed by atoms with Crippen LogP contribution in [0.25, 0.3) is 0 Å². The standard InChI is InChI=1S/C20H21NO5/c1-3-20(19(23)24,14-9-5-4-6-10-14)21-18(22)17-13(2)25-15-11-7-8-12-16(15)26-17/h4-13,17H,3H2,1-2H3,(H,21,22)(H,23,24). The van der Waals surface area contributed by atoms with Crippen molar-refractivity contribution < 1.29 is 24.2 Å². The van der Waals surface area contributed by atoms with E-state index in [-0.39, 0.29) is 6.42 Å². The summed E-state index contributed by atoms with van der Waals surface area (Å²) >= 11 is 0. The average Bonchev–Trinajstić information content (AvgIpc) is 2.65. The van der Waals surface area contributed by atoms with Crippen LogP contribution < -0.4 is 14.8 Å². The molecule has 3 unspecified atom stereocenters. The van der Waals surface area contributed by atoms with Gasteiger partial charge in [0.1, 0.15) is 6.10 Å². The normalized spacial score (nSPS) is 20.7. The molecule has 0 fully saturated rings. The van der Waals surface area contributed by atoms with Gasteiger partial charge in [-0.3, -0.25) is 4.79 Å². The van der Waals surface area contributed by atoms with Gasteiger partial charge in [-0.15, -0.1) is 0 Å². The lowest BCUT2D eigenvalue weighted by Crippen LogP contribution is -2.58. The fraction of sp³-hybridized carbons (Fsp3) is 0.300. The highest BCUT2D eigenvalue weighted by Gasteiger charge is 2.44. The number of carboxylic acids is 1. The van der Waals surface area contributed by atoms with Gasteiger partial charge >= 0.3 is 5.97 Å². The zero-order chi connectivity index (χ0) is 18.7. The smallest absolute Gasteiger partial charge is 0.334 e. The summed E-state index contributed by atoms with van der Waals surface area (Å²) in [4.78, 5) is 25.0. The maximum atomic E-state index is 12.9. The maximum absolute atomic E-state index is 12.9. The molecule has 0 spiro atoms. The van der Waals surface area contributed by atoms with E-state index in [1.807, 2.05) is 6.07 Å². The van der Waals surface area contributed by atoms with Crippen LogP contribution in [0.4, 0.5) is 0 Å². The Balaban J connectivity index is 1.88. The predicted octanol–water partition coefficient (Wildman–Crippen LogP) is 2.72. The molecule has 2 aromatic carbocycles. The van der Waals surface area contributed by atoms with E-state index in [4.69, 9.17) is 9.47 Å². The van der Waals surface area contributed by atoms with Crippen LogP contribution in [0.5, 0.6) is 11.5 Å². The minimum absolute atomic E-state index is 0.191. The molecule has 1 aliphatic rings. The van der Waals surface area contributed by atoms with E-state index in [0.29, 0.717) is 17.1 Å². The Morgan fingerprint density at radius 3 is 2.19 bits per heavy atom. The monoisotopic (exact) mass is 355 g/mol. The Morgan fingerprint density at radius 2 is 1.62 bits per heavy atom. The van der Waals surface area contributed by atoms with E-state index in [1.54, 1.807) is 62.4 Å². The number of benzene rings is 2. The number of fused-ring (bicyclic) bond motifs is 1. The minimum Gasteiger partial charge on any atom is -0.482 e. The quantitative estimate of drug-likeness (QED) is 0.861. The average molecular weight is 355 g/mol. The van der Waals surface area contributed by atoms with Crippen LogP contribution >= 0.6 is 0 Å². The van der Waals surface area contributed by atoms with Crippen molar-refractivity contribution in [2.75, 3.05) is 0 Å². The molecule has 0 radical (unpaired) electrons. The van der Waals surface area contributed by atoms with E-state index in [0.717, 1.165) is 0 Å². The van der Waals surface area contributed by atoms with Gasteiger partial charge in [-0.05, 0) is 31.0 Å². The summed E-state index contributed by atoms with van der Waals surface area (Å²) in [5, 5.41) is 12.5. The highest BCUT2D eigenvalue weighted by atomic mass is 16.6. The molecule has 1 heterocycles. The van der Waals surface area contributed by atoms with Crippen LogP contribution in [0.15, 0.2) is 54.6 Å². The molecule has 2 aromatic rings. The molecule has 1 amide bonds. The van der Waals surface area contributed by atoms with E-state index in [9.17, 15) is 14.7 Å². The summed E-state index contributed by atoms with van der Waals surface area (Å²) in [5.41, 5.74) is -1.02. The van der Waals surface area contributed by atoms with Crippen molar-refractivity contribution in [1.82, 2.24) is 5.32 Å². The maximum Gasteiger partial charge on any atom is 0.334 e. The first-order valence-electron chi connectivity index (χ1n) is 8.51. The summed E-state index contributed by atoms with van der Waals surface area (Å²) in [6, 6.07) is 15.7. The first-order valence-corrected chi connectivity index (χ1v) is 8.51. The SMILES string of the molecule is CCC(NC(=O)C1Oc2ccccc2OC1C)(C(=O)O)c1ccccc1. The molecular weight excluding hydrogens is 334 g/mol. The number of hydrogen-bond donors (Lipinski definition) is 2. The van der Waals surface area contributed by atoms with Gasteiger partial charge < -0.3 is 19.9 Å². The number of rotatable bonds is 5. The van der Waals surface area contributed by atoms with Gasteiger partial charge in [0.15, 0.2) is 17.0 Å². The summed E-state index contributed by atoms with van der Waals surface area (Å²) in [5.74, 6) is -0.626. The predicted molar refractivity (Wildman–Crippen MR) is 95.1 cm³/mol. The van der Waals surface area contributed by atoms with Crippen LogP contribution in [0, 0.1) is 0 Å². The van der Waals surface area contributed by atoms with Crippen molar-refractivity contribution >= 4 is 11.9 Å². The lowest BCUT2D eigenvalue weighted by atomic mass is 9.86. The third-order valence-corrected chi connectivity index (χ3v) is 4.60. The van der Waals surface area contributed by atoms with Crippen molar-refractivity contribution in [3.8, 4) is 11.5 Å². The van der Waals surface area contributed by atoms with Gasteiger partial charge in [0, 0.05) is 0 Å². The first kappa shape index (κ1) is 17.8. The molecule has 2 N–H and O–H groups in total. The van der Waals surface area contributed by atoms with Gasteiger partial charge in [0.05, 0.1) is 0 Å². The highest BCUT2D eigenvalue weighted by molar-refractivity contribution is 5.90. The molecule has 6 heteroatoms. The molecule has 0 saturated carbocycles. The largest absolute Gasteiger partial charge is 0.482 e. The van der Waals surface area contributed by atoms with Crippen LogP contribution in [0.2, 0.25) is 0 Å². The highest BCUT2D eigenvalue weighted by Crippen LogP contribution is 2.34. The number of ether oxygens (including phenoxy) is 2. The molecule has 3 rings (SSSR count). The zero-order valence-electron chi connectivity index (χ0n) is 14.6. The fourth-order valence-electron chi connectivity index (χ4n) is 3.10. The van der Waals surface area contributed by atoms with Crippen LogP contribution in [0.1, 0.15) is 25.8 Å². The third-order valence-electron chi connectivity index (χ3n) is 4.60. The first-order chi connectivity index (χ1) is 12.5. The van der Waals surface area contributed by atoms with E-state index >= 15 is 0 Å². The summed E-state index contributed by atoms with van der Waals surface area (Å²) < 4.78 is 11.5. The second-order valence-corrected chi connectivity index (χ2v) is 6.23. The van der Waals surface area contributed by atoms with Gasteiger partial charge in [-0.1, -0.05) is 49.4 Å². The second-order valence-electron chi connectivity index (χ2n) is 6.23. The molecule has 0 aromatic heterocycles. The van der Waals surface area contributed by atoms with Crippen molar-refractivity contribution in [3.63, 3.8) is 0 Å². The summed E-state index contributed by atoms with van der Waals surface area (Å²) in [6.07, 6.45) is -1.31. The number of nitrogens with one attached hydrogen (secondary N) is 1. The Hall–Kier alpha value is -3.02. The Bertz CT molecular complexity index is 807. The summed E-state index contributed by atoms with van der Waals surface area (Å²) in [7, 11) is 0. The molecule has 0 saturated heterocycles. The van der Waals surface area contributed by atoms with Crippen molar-refractivity contribution in [2.24, 2.45) is 0 Å². The van der Waals surface area contributed by atoms with E-state index < -0.39 is 29.6 Å². The van der Waals surface area contributed by atoms with Gasteiger partial charge in [-0.25, -0.2) is 4.79 Å². The Morgan fingerprint density at radius 1 is 1.04 bits per heavy atom. The number of carbonyl (C=O) groups excluding carboxylic acids is 1. The second kappa shape index (κ2) is 7.07. The molecule has 6 nitrogen and oxygen atoms in total. The molecule has 136 valence electrons. The lowest BCUT2D eigenvalue weighted by Gasteiger charge is -2.35. The number of carbonyl (C=O) groups is 2. The van der Waals surface area contributed by atoms with Crippen molar-refractivity contribution in [2.45, 2.75) is 38.0 Å². The van der Waals surface area contributed by atoms with E-state index in [2.05, 4.69) is 5.32 Å². The Kier molecular flexibility index (Phi) is 4.84. The van der Waals surface area contributed by atoms with E-state index in [1.165, 1.54) is 0 Å². The Labute approximate surface area is 151 Å². The fourth-order valence-corrected chi connectivity index (χ4v) is 3.10. The number of hydrogen-bond acceptors (Lipinski definition) is 4. The molecular formula is C20H21NO5. The van der Waals surface area contributed by atoms with Gasteiger partial charge in [-0.2, -0.15) is 0 Å². The van der Waals surface area contributed by atoms with Crippen LogP contribution in [0.3, 0.4) is 0 Å². The molecule has 26 heavy (non-hydrogen) atoms. The number of para-hydroxylation sites is 2. The summed E-state index contributed by atoms with van der Waals surface area (Å²) in [6.45, 7) is 3.44. The van der Waals surface area contributed by atoms with Crippen LogP contribution in [-0.2, 0) is 15.1 Å². The topological polar surface area (TPSA) is 84.9 Å². The molecule has 0 bridgehead atoms. The number of amides is 1. The van der Waals surface area contributed by atoms with Gasteiger partial charge in [0.25, 0.3) is 5.91 Å². The third kappa shape index (κ3) is 3.10. The van der Waals surface area contributed by atoms with Crippen LogP contribution in [-0.4, -0.2) is 29.2 Å². The molecule has 0 aliphatic carbocycles.